The first-order chi connectivity index (χ1) is 13.6. The summed E-state index contributed by atoms with van der Waals surface area (Å²) in [6, 6.07) is 3.29. The van der Waals surface area contributed by atoms with Gasteiger partial charge >= 0.3 is 19.5 Å². The third-order valence-corrected chi connectivity index (χ3v) is 4.91. The molecule has 11 heteroatoms. The van der Waals surface area contributed by atoms with Gasteiger partial charge in [-0.25, -0.2) is 4.79 Å². The van der Waals surface area contributed by atoms with Crippen molar-refractivity contribution in [1.82, 2.24) is 5.32 Å². The molecule has 1 amide bonds. The average Bonchev–Trinajstić information content (AvgIpc) is 2.77. The number of aromatic carboxylic acids is 1. The van der Waals surface area contributed by atoms with E-state index in [0.29, 0.717) is 5.47 Å². The Bertz CT molecular complexity index is 850. The summed E-state index contributed by atoms with van der Waals surface area (Å²) in [5, 5.41) is 11.7. The first kappa shape index (κ1) is 23.8. The third-order valence-electron chi connectivity index (χ3n) is 4.91. The van der Waals surface area contributed by atoms with Crippen LogP contribution in [-0.4, -0.2) is 48.2 Å². The van der Waals surface area contributed by atoms with Gasteiger partial charge in [-0.2, -0.15) is 0 Å². The quantitative estimate of drug-likeness (QED) is 0.674. The molecule has 0 spiro atoms. The lowest BCUT2D eigenvalue weighted by Crippen LogP contribution is -2.41. The van der Waals surface area contributed by atoms with Crippen LogP contribution in [0.3, 0.4) is 0 Å². The van der Waals surface area contributed by atoms with E-state index in [0.717, 1.165) is 12.1 Å². The van der Waals surface area contributed by atoms with Crippen LogP contribution in [0.2, 0.25) is 0 Å². The molecular formula is C19H23BF3NO6. The van der Waals surface area contributed by atoms with Gasteiger partial charge in [0.1, 0.15) is 11.3 Å². The molecule has 1 heterocycles. The molecule has 2 N–H and O–H groups in total. The Kier molecular flexibility index (Phi) is 6.58. The number of rotatable bonds is 6. The lowest BCUT2D eigenvalue weighted by molar-refractivity contribution is -0.274. The van der Waals surface area contributed by atoms with Gasteiger partial charge in [0.15, 0.2) is 0 Å². The zero-order valence-corrected chi connectivity index (χ0v) is 17.2. The Morgan fingerprint density at radius 1 is 1.20 bits per heavy atom. The molecule has 0 aromatic heterocycles. The number of carbonyl (C=O) groups is 2. The Morgan fingerprint density at radius 2 is 1.77 bits per heavy atom. The van der Waals surface area contributed by atoms with Crippen LogP contribution < -0.4 is 10.1 Å². The first-order valence-corrected chi connectivity index (χ1v) is 9.05. The second-order valence-electron chi connectivity index (χ2n) is 7.83. The van der Waals surface area contributed by atoms with E-state index in [1.54, 1.807) is 0 Å². The summed E-state index contributed by atoms with van der Waals surface area (Å²) < 4.78 is 53.8. The molecule has 1 aromatic rings. The minimum Gasteiger partial charge on any atom is -0.478 e. The Hall–Kier alpha value is -2.53. The van der Waals surface area contributed by atoms with Crippen LogP contribution in [0.4, 0.5) is 13.2 Å². The second-order valence-corrected chi connectivity index (χ2v) is 7.83. The Morgan fingerprint density at radius 3 is 2.23 bits per heavy atom. The van der Waals surface area contributed by atoms with Gasteiger partial charge in [-0.15, -0.1) is 13.2 Å². The predicted molar refractivity (Wildman–Crippen MR) is 103 cm³/mol. The molecule has 1 aromatic carbocycles. The van der Waals surface area contributed by atoms with E-state index >= 15 is 0 Å². The number of alkyl halides is 3. The van der Waals surface area contributed by atoms with E-state index in [4.69, 9.17) is 14.4 Å². The lowest BCUT2D eigenvalue weighted by Gasteiger charge is -2.32. The molecule has 1 aliphatic rings. The maximum absolute atomic E-state index is 12.7. The van der Waals surface area contributed by atoms with Crippen molar-refractivity contribution in [1.29, 1.82) is 0 Å². The highest BCUT2D eigenvalue weighted by atomic mass is 19.4. The number of carboxylic acids is 1. The normalized spacial score (nSPS) is 18.3. The minimum atomic E-state index is -5.06. The molecule has 0 radical (unpaired) electrons. The molecule has 0 bridgehead atoms. The zero-order chi connectivity index (χ0) is 22.9. The molecule has 0 saturated carbocycles. The topological polar surface area (TPSA) is 94.1 Å². The molecule has 0 unspecified atom stereocenters. The van der Waals surface area contributed by atoms with Gasteiger partial charge in [-0.3, -0.25) is 4.79 Å². The summed E-state index contributed by atoms with van der Waals surface area (Å²) in [5.41, 5.74) is -1.34. The fourth-order valence-corrected chi connectivity index (χ4v) is 2.65. The molecule has 7 nitrogen and oxygen atoms in total. The Labute approximate surface area is 172 Å². The number of carboxylic acid groups (broad SMARTS) is 1. The first-order valence-electron chi connectivity index (χ1n) is 9.05. The number of nitrogens with one attached hydrogen (secondary N) is 1. The Balaban J connectivity index is 2.46. The number of benzene rings is 1. The van der Waals surface area contributed by atoms with Gasteiger partial charge in [-0.1, -0.05) is 12.1 Å². The van der Waals surface area contributed by atoms with E-state index < -0.39 is 42.0 Å². The van der Waals surface area contributed by atoms with E-state index in [9.17, 15) is 22.8 Å². The summed E-state index contributed by atoms with van der Waals surface area (Å²) >= 11 is 0. The van der Waals surface area contributed by atoms with Gasteiger partial charge in [0.2, 0.25) is 5.91 Å². The van der Waals surface area contributed by atoms with Crippen LogP contribution in [0.5, 0.6) is 5.75 Å². The van der Waals surface area contributed by atoms with Gasteiger partial charge < -0.3 is 24.5 Å². The zero-order valence-electron chi connectivity index (χ0n) is 17.2. The molecule has 0 atom stereocenters. The maximum Gasteiger partial charge on any atom is 0.573 e. The summed E-state index contributed by atoms with van der Waals surface area (Å²) in [6.07, 6.45) is -3.59. The fraction of sp³-hybridized carbons (Fsp3) is 0.474. The number of carbonyl (C=O) groups excluding carboxylic acids is 1. The summed E-state index contributed by atoms with van der Waals surface area (Å²) in [5.74, 6) is -2.73. The monoisotopic (exact) mass is 429 g/mol. The average molecular weight is 429 g/mol. The lowest BCUT2D eigenvalue weighted by atomic mass is 9.77. The molecule has 1 aliphatic heterocycles. The summed E-state index contributed by atoms with van der Waals surface area (Å²) in [7, 11) is -0.868. The van der Waals surface area contributed by atoms with Crippen LogP contribution >= 0.6 is 0 Å². The van der Waals surface area contributed by atoms with Crippen molar-refractivity contribution in [3.05, 3.63) is 34.8 Å². The highest BCUT2D eigenvalue weighted by Crippen LogP contribution is 2.39. The summed E-state index contributed by atoms with van der Waals surface area (Å²) in [6.45, 7) is 8.67. The van der Waals surface area contributed by atoms with E-state index in [1.807, 2.05) is 27.7 Å². The van der Waals surface area contributed by atoms with Crippen molar-refractivity contribution in [3.63, 3.8) is 0 Å². The van der Waals surface area contributed by atoms with Crippen molar-refractivity contribution >= 4 is 25.1 Å². The number of amides is 1. The van der Waals surface area contributed by atoms with Crippen LogP contribution in [-0.2, 0) is 14.1 Å². The molecule has 0 aliphatic carbocycles. The van der Waals surface area contributed by atoms with Gasteiger partial charge in [0, 0.05) is 13.5 Å². The van der Waals surface area contributed by atoms with Crippen LogP contribution in [0.1, 0.15) is 50.5 Å². The molecule has 2 rings (SSSR count). The van der Waals surface area contributed by atoms with Crippen LogP contribution in [0.15, 0.2) is 23.7 Å². The number of hydrogen-bond acceptors (Lipinski definition) is 5. The smallest absolute Gasteiger partial charge is 0.478 e. The highest BCUT2D eigenvalue weighted by Gasteiger charge is 2.52. The molecular weight excluding hydrogens is 406 g/mol. The maximum atomic E-state index is 12.7. The highest BCUT2D eigenvalue weighted by molar-refractivity contribution is 6.56. The van der Waals surface area contributed by atoms with Gasteiger partial charge in [0.25, 0.3) is 0 Å². The SMILES string of the molecule is CC(=O)NCC(=Cc1ccc(C(=O)O)c(OC(F)(F)F)c1)B1OC(C)(C)C(C)(C)O1. The predicted octanol–water partition coefficient (Wildman–Crippen LogP) is 3.43. The van der Waals surface area contributed by atoms with Gasteiger partial charge in [-0.05, 0) is 50.9 Å². The van der Waals surface area contributed by atoms with Crippen molar-refractivity contribution in [2.75, 3.05) is 6.54 Å². The van der Waals surface area contributed by atoms with Crippen molar-refractivity contribution in [2.45, 2.75) is 52.2 Å². The molecule has 30 heavy (non-hydrogen) atoms. The number of ether oxygens (including phenoxy) is 1. The number of hydrogen-bond donors (Lipinski definition) is 2. The van der Waals surface area contributed by atoms with Gasteiger partial charge in [0.05, 0.1) is 11.2 Å². The largest absolute Gasteiger partial charge is 0.573 e. The number of halogens is 3. The standard InChI is InChI=1S/C19H23BF3NO6/c1-11(25)24-10-13(20-29-17(2,3)18(4,5)30-20)8-12-6-7-14(16(26)27)15(9-12)28-19(21,22)23/h6-9H,10H2,1-5H3,(H,24,25)(H,26,27). The van der Waals surface area contributed by atoms with Crippen molar-refractivity contribution in [2.24, 2.45) is 0 Å². The summed E-state index contributed by atoms with van der Waals surface area (Å²) in [4.78, 5) is 22.6. The fourth-order valence-electron chi connectivity index (χ4n) is 2.65. The minimum absolute atomic E-state index is 0.0162. The van der Waals surface area contributed by atoms with E-state index in [1.165, 1.54) is 19.1 Å². The van der Waals surface area contributed by atoms with Crippen molar-refractivity contribution < 1.29 is 41.9 Å². The van der Waals surface area contributed by atoms with Crippen LogP contribution in [0.25, 0.3) is 6.08 Å². The second kappa shape index (κ2) is 8.31. The van der Waals surface area contributed by atoms with Crippen LogP contribution in [0, 0.1) is 0 Å². The van der Waals surface area contributed by atoms with E-state index in [2.05, 4.69) is 10.1 Å². The molecule has 1 fully saturated rings. The van der Waals surface area contributed by atoms with Crippen molar-refractivity contribution in [3.8, 4) is 5.75 Å². The molecule has 1 saturated heterocycles. The third kappa shape index (κ3) is 5.76. The van der Waals surface area contributed by atoms with E-state index in [-0.39, 0.29) is 18.0 Å². The molecule has 164 valence electrons.